The van der Waals surface area contributed by atoms with Crippen LogP contribution >= 0.6 is 0 Å². The van der Waals surface area contributed by atoms with Gasteiger partial charge in [-0.25, -0.2) is 9.97 Å². The van der Waals surface area contributed by atoms with Crippen LogP contribution in [0.25, 0.3) is 33.2 Å². The summed E-state index contributed by atoms with van der Waals surface area (Å²) in [6.45, 7) is 0.914. The van der Waals surface area contributed by atoms with Gasteiger partial charge in [0.1, 0.15) is 0 Å². The first kappa shape index (κ1) is 15.5. The molecule has 0 aliphatic carbocycles. The quantitative estimate of drug-likeness (QED) is 0.575. The summed E-state index contributed by atoms with van der Waals surface area (Å²) in [5.41, 5.74) is 3.74. The summed E-state index contributed by atoms with van der Waals surface area (Å²) >= 11 is 0. The predicted octanol–water partition coefficient (Wildman–Crippen LogP) is 2.60. The van der Waals surface area contributed by atoms with Crippen molar-refractivity contribution >= 4 is 21.9 Å². The number of ether oxygens (including phenoxy) is 1. The molecule has 0 saturated heterocycles. The van der Waals surface area contributed by atoms with E-state index in [1.807, 2.05) is 31.4 Å². The molecule has 0 amide bonds. The Morgan fingerprint density at radius 1 is 1.16 bits per heavy atom. The number of nitrogens with zero attached hydrogens (tertiary/aromatic N) is 4. The zero-order valence-corrected chi connectivity index (χ0v) is 14.1. The van der Waals surface area contributed by atoms with Crippen LogP contribution in [-0.4, -0.2) is 32.8 Å². The molecule has 0 N–H and O–H groups in total. The third-order valence-corrected chi connectivity index (χ3v) is 4.39. The van der Waals surface area contributed by atoms with Crippen molar-refractivity contribution < 1.29 is 4.74 Å². The van der Waals surface area contributed by atoms with E-state index in [0.29, 0.717) is 24.2 Å². The van der Waals surface area contributed by atoms with Gasteiger partial charge < -0.3 is 9.30 Å². The second-order valence-electron chi connectivity index (χ2n) is 6.00. The lowest BCUT2D eigenvalue weighted by Crippen LogP contribution is -2.23. The zero-order valence-electron chi connectivity index (χ0n) is 14.1. The van der Waals surface area contributed by atoms with E-state index in [1.165, 1.54) is 4.57 Å². The topological polar surface area (TPSA) is 61.9 Å². The van der Waals surface area contributed by atoms with Crippen LogP contribution in [0.4, 0.5) is 0 Å². The summed E-state index contributed by atoms with van der Waals surface area (Å²) in [7, 11) is 3.63. The van der Waals surface area contributed by atoms with Crippen LogP contribution in [0.5, 0.6) is 0 Å². The van der Waals surface area contributed by atoms with Gasteiger partial charge in [-0.15, -0.1) is 0 Å². The van der Waals surface area contributed by atoms with Crippen molar-refractivity contribution in [2.75, 3.05) is 13.7 Å². The van der Waals surface area contributed by atoms with Crippen LogP contribution in [0, 0.1) is 0 Å². The standard InChI is InChI=1S/C19H18N4O2/c1-22-8-7-14-11-13(3-6-17(14)22)15-4-5-16-18(21-15)19(24)23(12-20-16)9-10-25-2/h3-8,11-12H,9-10H2,1-2H3. The number of benzene rings is 1. The fraction of sp³-hybridized carbons (Fsp3) is 0.211. The van der Waals surface area contributed by atoms with Crippen LogP contribution in [0.2, 0.25) is 0 Å². The first-order valence-corrected chi connectivity index (χ1v) is 8.08. The van der Waals surface area contributed by atoms with E-state index in [-0.39, 0.29) is 5.56 Å². The molecule has 0 radical (unpaired) electrons. The van der Waals surface area contributed by atoms with E-state index in [9.17, 15) is 4.79 Å². The summed E-state index contributed by atoms with van der Waals surface area (Å²) in [6, 6.07) is 12.0. The van der Waals surface area contributed by atoms with E-state index < -0.39 is 0 Å². The Balaban J connectivity index is 1.83. The van der Waals surface area contributed by atoms with Gasteiger partial charge in [-0.05, 0) is 30.3 Å². The zero-order chi connectivity index (χ0) is 17.4. The van der Waals surface area contributed by atoms with Gasteiger partial charge in [0.2, 0.25) is 0 Å². The van der Waals surface area contributed by atoms with Gasteiger partial charge in [0, 0.05) is 36.8 Å². The van der Waals surface area contributed by atoms with Crippen molar-refractivity contribution in [1.29, 1.82) is 0 Å². The lowest BCUT2D eigenvalue weighted by atomic mass is 10.1. The first-order valence-electron chi connectivity index (χ1n) is 8.08. The van der Waals surface area contributed by atoms with E-state index in [1.54, 1.807) is 13.4 Å². The highest BCUT2D eigenvalue weighted by Crippen LogP contribution is 2.24. The molecule has 0 fully saturated rings. The molecule has 0 spiro atoms. The molecule has 0 atom stereocenters. The third-order valence-electron chi connectivity index (χ3n) is 4.39. The van der Waals surface area contributed by atoms with Crippen molar-refractivity contribution in [3.8, 4) is 11.3 Å². The van der Waals surface area contributed by atoms with Gasteiger partial charge in [0.25, 0.3) is 5.56 Å². The van der Waals surface area contributed by atoms with Crippen molar-refractivity contribution in [2.45, 2.75) is 6.54 Å². The Morgan fingerprint density at radius 3 is 2.88 bits per heavy atom. The lowest BCUT2D eigenvalue weighted by molar-refractivity contribution is 0.186. The third kappa shape index (κ3) is 2.70. The SMILES string of the molecule is COCCn1cnc2ccc(-c3ccc4c(ccn4C)c3)nc2c1=O. The molecule has 0 aliphatic rings. The maximum atomic E-state index is 12.6. The molecule has 1 aromatic carbocycles. The number of aromatic nitrogens is 4. The molecule has 0 bridgehead atoms. The van der Waals surface area contributed by atoms with Crippen LogP contribution < -0.4 is 5.56 Å². The van der Waals surface area contributed by atoms with Crippen molar-refractivity contribution in [1.82, 2.24) is 19.1 Å². The van der Waals surface area contributed by atoms with Gasteiger partial charge in [0.05, 0.1) is 30.7 Å². The summed E-state index contributed by atoms with van der Waals surface area (Å²) < 4.78 is 8.64. The molecular formula is C19H18N4O2. The maximum Gasteiger partial charge on any atom is 0.279 e. The average molecular weight is 334 g/mol. The number of hydrogen-bond donors (Lipinski definition) is 0. The molecule has 3 heterocycles. The highest BCUT2D eigenvalue weighted by atomic mass is 16.5. The second-order valence-corrected chi connectivity index (χ2v) is 6.00. The molecule has 3 aromatic heterocycles. The van der Waals surface area contributed by atoms with Crippen LogP contribution in [0.1, 0.15) is 0 Å². The molecule has 6 heteroatoms. The summed E-state index contributed by atoms with van der Waals surface area (Å²) in [5.74, 6) is 0. The first-order chi connectivity index (χ1) is 12.2. The lowest BCUT2D eigenvalue weighted by Gasteiger charge is -2.07. The van der Waals surface area contributed by atoms with Gasteiger partial charge in [-0.1, -0.05) is 6.07 Å². The van der Waals surface area contributed by atoms with E-state index in [0.717, 1.165) is 22.2 Å². The molecule has 0 aliphatic heterocycles. The molecule has 6 nitrogen and oxygen atoms in total. The van der Waals surface area contributed by atoms with Crippen molar-refractivity contribution in [3.05, 3.63) is 59.3 Å². The fourth-order valence-electron chi connectivity index (χ4n) is 2.98. The maximum absolute atomic E-state index is 12.6. The summed E-state index contributed by atoms with van der Waals surface area (Å²) in [6.07, 6.45) is 3.57. The number of pyridine rings is 1. The fourth-order valence-corrected chi connectivity index (χ4v) is 2.98. The number of methoxy groups -OCH3 is 1. The Morgan fingerprint density at radius 2 is 2.04 bits per heavy atom. The molecular weight excluding hydrogens is 316 g/mol. The highest BCUT2D eigenvalue weighted by Gasteiger charge is 2.09. The average Bonchev–Trinajstić information content (AvgIpc) is 3.01. The summed E-state index contributed by atoms with van der Waals surface area (Å²) in [4.78, 5) is 21.5. The van der Waals surface area contributed by atoms with Crippen molar-refractivity contribution in [3.63, 3.8) is 0 Å². The number of fused-ring (bicyclic) bond motifs is 2. The normalized spacial score (nSPS) is 11.4. The van der Waals surface area contributed by atoms with Gasteiger partial charge in [0.15, 0.2) is 5.52 Å². The van der Waals surface area contributed by atoms with Gasteiger partial charge in [-0.3, -0.25) is 9.36 Å². The Kier molecular flexibility index (Phi) is 3.82. The van der Waals surface area contributed by atoms with E-state index >= 15 is 0 Å². The van der Waals surface area contributed by atoms with Crippen molar-refractivity contribution in [2.24, 2.45) is 7.05 Å². The molecule has 4 rings (SSSR count). The molecule has 0 saturated carbocycles. The van der Waals surface area contributed by atoms with E-state index in [2.05, 4.69) is 32.7 Å². The van der Waals surface area contributed by atoms with E-state index in [4.69, 9.17) is 4.74 Å². The monoisotopic (exact) mass is 334 g/mol. The molecule has 4 aromatic rings. The van der Waals surface area contributed by atoms with Gasteiger partial charge >= 0.3 is 0 Å². The smallest absolute Gasteiger partial charge is 0.279 e. The van der Waals surface area contributed by atoms with Gasteiger partial charge in [-0.2, -0.15) is 0 Å². The molecule has 0 unspecified atom stereocenters. The minimum Gasteiger partial charge on any atom is -0.383 e. The molecule has 126 valence electrons. The van der Waals surface area contributed by atoms with Crippen LogP contribution in [0.3, 0.4) is 0 Å². The molecule has 25 heavy (non-hydrogen) atoms. The Hall–Kier alpha value is -2.99. The van der Waals surface area contributed by atoms with Crippen LogP contribution in [-0.2, 0) is 18.3 Å². The number of rotatable bonds is 4. The Labute approximate surface area is 144 Å². The number of hydrogen-bond acceptors (Lipinski definition) is 4. The minimum atomic E-state index is -0.148. The second kappa shape index (κ2) is 6.14. The number of aryl methyl sites for hydroxylation is 1. The Bertz CT molecular complexity index is 1130. The summed E-state index contributed by atoms with van der Waals surface area (Å²) in [5, 5.41) is 1.14. The minimum absolute atomic E-state index is 0.148. The largest absolute Gasteiger partial charge is 0.383 e. The predicted molar refractivity (Wildman–Crippen MR) is 97.6 cm³/mol. The highest BCUT2D eigenvalue weighted by molar-refractivity contribution is 5.86. The van der Waals surface area contributed by atoms with Crippen LogP contribution in [0.15, 0.2) is 53.7 Å².